The fourth-order valence-corrected chi connectivity index (χ4v) is 3.94. The van der Waals surface area contributed by atoms with Gasteiger partial charge in [-0.05, 0) is 49.9 Å². The molecule has 0 spiro atoms. The van der Waals surface area contributed by atoms with Crippen LogP contribution in [0.25, 0.3) is 5.57 Å². The summed E-state index contributed by atoms with van der Waals surface area (Å²) in [5.41, 5.74) is 1.11. The lowest BCUT2D eigenvalue weighted by atomic mass is 10.2. The summed E-state index contributed by atoms with van der Waals surface area (Å²) in [5, 5.41) is 5.46. The summed E-state index contributed by atoms with van der Waals surface area (Å²) >= 11 is 7.52. The van der Waals surface area contributed by atoms with Gasteiger partial charge in [0.15, 0.2) is 0 Å². The quantitative estimate of drug-likeness (QED) is 0.467. The maximum absolute atomic E-state index is 13.1. The first-order valence-electron chi connectivity index (χ1n) is 9.29. The van der Waals surface area contributed by atoms with E-state index in [0.717, 1.165) is 4.88 Å². The molecule has 6 nitrogen and oxygen atoms in total. The van der Waals surface area contributed by atoms with Gasteiger partial charge in [0.25, 0.3) is 11.8 Å². The van der Waals surface area contributed by atoms with E-state index in [9.17, 15) is 9.59 Å². The maximum Gasteiger partial charge on any atom is 0.278 e. The largest absolute Gasteiger partial charge is 0.495 e. The standard InChI is InChI=1S/C21H23ClN2O4S/c1-13(2)28-10-5-9-24-20(25)18(17-6-4-11-29-17)19(21(24)26)23-15-12-14(22)7-8-16(15)27-3/h4,6-8,11-13,23H,5,9-10H2,1-3H3. The monoisotopic (exact) mass is 434 g/mol. The van der Waals surface area contributed by atoms with E-state index >= 15 is 0 Å². The smallest absolute Gasteiger partial charge is 0.278 e. The summed E-state index contributed by atoms with van der Waals surface area (Å²) in [4.78, 5) is 28.2. The molecular weight excluding hydrogens is 412 g/mol. The molecule has 1 aromatic carbocycles. The minimum atomic E-state index is -0.370. The molecule has 0 fully saturated rings. The van der Waals surface area contributed by atoms with Crippen LogP contribution in [0.4, 0.5) is 5.69 Å². The van der Waals surface area contributed by atoms with Crippen LogP contribution in [-0.4, -0.2) is 43.1 Å². The molecule has 3 rings (SSSR count). The van der Waals surface area contributed by atoms with Crippen LogP contribution in [0.15, 0.2) is 41.4 Å². The third-order valence-electron chi connectivity index (χ3n) is 4.33. The van der Waals surface area contributed by atoms with Crippen molar-refractivity contribution in [2.45, 2.75) is 26.4 Å². The van der Waals surface area contributed by atoms with Gasteiger partial charge in [-0.3, -0.25) is 14.5 Å². The van der Waals surface area contributed by atoms with Crippen molar-refractivity contribution in [2.75, 3.05) is 25.6 Å². The highest BCUT2D eigenvalue weighted by molar-refractivity contribution is 7.11. The van der Waals surface area contributed by atoms with Crippen LogP contribution in [0.2, 0.25) is 5.02 Å². The van der Waals surface area contributed by atoms with Gasteiger partial charge >= 0.3 is 0 Å². The molecule has 0 radical (unpaired) electrons. The maximum atomic E-state index is 13.1. The second-order valence-corrected chi connectivity index (χ2v) is 8.12. The number of carbonyl (C=O) groups excluding carboxylic acids is 2. The van der Waals surface area contributed by atoms with Crippen molar-refractivity contribution in [1.29, 1.82) is 0 Å². The summed E-state index contributed by atoms with van der Waals surface area (Å²) in [5.74, 6) is -0.160. The van der Waals surface area contributed by atoms with Crippen LogP contribution in [0.5, 0.6) is 5.75 Å². The van der Waals surface area contributed by atoms with Crippen molar-refractivity contribution in [3.8, 4) is 5.75 Å². The SMILES string of the molecule is COc1ccc(Cl)cc1NC1=C(c2cccs2)C(=O)N(CCCOC(C)C)C1=O. The summed E-state index contributed by atoms with van der Waals surface area (Å²) in [7, 11) is 1.53. The highest BCUT2D eigenvalue weighted by Crippen LogP contribution is 2.35. The second-order valence-electron chi connectivity index (χ2n) is 6.73. The molecule has 8 heteroatoms. The highest BCUT2D eigenvalue weighted by atomic mass is 35.5. The van der Waals surface area contributed by atoms with Gasteiger partial charge in [0.05, 0.1) is 24.5 Å². The molecule has 0 aliphatic carbocycles. The van der Waals surface area contributed by atoms with E-state index in [1.807, 2.05) is 31.4 Å². The summed E-state index contributed by atoms with van der Waals surface area (Å²) in [6, 6.07) is 8.74. The van der Waals surface area contributed by atoms with Crippen molar-refractivity contribution in [1.82, 2.24) is 4.90 Å². The van der Waals surface area contributed by atoms with Crippen molar-refractivity contribution in [2.24, 2.45) is 0 Å². The Labute approximate surface area is 179 Å². The van der Waals surface area contributed by atoms with Crippen LogP contribution >= 0.6 is 22.9 Å². The van der Waals surface area contributed by atoms with Gasteiger partial charge in [-0.15, -0.1) is 11.3 Å². The molecule has 1 aliphatic rings. The number of carbonyl (C=O) groups is 2. The number of nitrogens with zero attached hydrogens (tertiary/aromatic N) is 1. The van der Waals surface area contributed by atoms with Gasteiger partial charge in [-0.2, -0.15) is 0 Å². The minimum absolute atomic E-state index is 0.104. The number of halogens is 1. The van der Waals surface area contributed by atoms with Gasteiger partial charge in [0.1, 0.15) is 11.4 Å². The molecule has 2 heterocycles. The number of hydrogen-bond acceptors (Lipinski definition) is 6. The molecule has 0 atom stereocenters. The fraction of sp³-hybridized carbons (Fsp3) is 0.333. The number of benzene rings is 1. The number of thiophene rings is 1. The Morgan fingerprint density at radius 2 is 2.00 bits per heavy atom. The number of rotatable bonds is 9. The van der Waals surface area contributed by atoms with E-state index in [0.29, 0.717) is 35.1 Å². The Bertz CT molecular complexity index is 925. The molecule has 1 N–H and O–H groups in total. The predicted molar refractivity (Wildman–Crippen MR) is 115 cm³/mol. The lowest BCUT2D eigenvalue weighted by Gasteiger charge is -2.16. The molecular formula is C21H23ClN2O4S. The molecule has 2 aromatic rings. The average Bonchev–Trinajstić information content (AvgIpc) is 3.27. The number of ether oxygens (including phenoxy) is 2. The second kappa shape index (κ2) is 9.43. The van der Waals surface area contributed by atoms with Crippen molar-refractivity contribution >= 4 is 46.0 Å². The zero-order chi connectivity index (χ0) is 21.0. The third-order valence-corrected chi connectivity index (χ3v) is 5.46. The number of anilines is 1. The van der Waals surface area contributed by atoms with Crippen LogP contribution in [0.3, 0.4) is 0 Å². The van der Waals surface area contributed by atoms with Gasteiger partial charge < -0.3 is 14.8 Å². The zero-order valence-corrected chi connectivity index (χ0v) is 18.1. The number of hydrogen-bond donors (Lipinski definition) is 1. The van der Waals surface area contributed by atoms with Crippen molar-refractivity contribution in [3.05, 3.63) is 51.3 Å². The average molecular weight is 435 g/mol. The first-order chi connectivity index (χ1) is 13.9. The van der Waals surface area contributed by atoms with E-state index < -0.39 is 0 Å². The Kier molecular flexibility index (Phi) is 6.95. The zero-order valence-electron chi connectivity index (χ0n) is 16.5. The van der Waals surface area contributed by atoms with Gasteiger partial charge in [-0.25, -0.2) is 0 Å². The molecule has 0 saturated heterocycles. The molecule has 1 aromatic heterocycles. The van der Waals surface area contributed by atoms with Crippen LogP contribution < -0.4 is 10.1 Å². The van der Waals surface area contributed by atoms with E-state index in [1.54, 1.807) is 18.2 Å². The van der Waals surface area contributed by atoms with Crippen LogP contribution in [0, 0.1) is 0 Å². The Hall–Kier alpha value is -2.35. The van der Waals surface area contributed by atoms with Gasteiger partial charge in [0.2, 0.25) is 0 Å². The molecule has 29 heavy (non-hydrogen) atoms. The number of amides is 2. The van der Waals surface area contributed by atoms with Gasteiger partial charge in [0, 0.05) is 23.1 Å². The molecule has 0 saturated carbocycles. The Morgan fingerprint density at radius 3 is 2.66 bits per heavy atom. The Balaban J connectivity index is 1.90. The van der Waals surface area contributed by atoms with Crippen LogP contribution in [-0.2, 0) is 14.3 Å². The number of imide groups is 1. The normalized spacial score (nSPS) is 14.3. The van der Waals surface area contributed by atoms with E-state index in [1.165, 1.54) is 23.3 Å². The summed E-state index contributed by atoms with van der Waals surface area (Å²) in [6.45, 7) is 4.66. The van der Waals surface area contributed by atoms with E-state index in [-0.39, 0.29) is 30.2 Å². The molecule has 0 unspecified atom stereocenters. The van der Waals surface area contributed by atoms with Crippen molar-refractivity contribution < 1.29 is 19.1 Å². The summed E-state index contributed by atoms with van der Waals surface area (Å²) < 4.78 is 10.9. The van der Waals surface area contributed by atoms with Gasteiger partial charge in [-0.1, -0.05) is 17.7 Å². The molecule has 2 amide bonds. The first kappa shape index (κ1) is 21.4. The molecule has 154 valence electrons. The first-order valence-corrected chi connectivity index (χ1v) is 10.5. The molecule has 1 aliphatic heterocycles. The lowest BCUT2D eigenvalue weighted by Crippen LogP contribution is -2.34. The highest BCUT2D eigenvalue weighted by Gasteiger charge is 2.39. The molecule has 0 bridgehead atoms. The topological polar surface area (TPSA) is 67.9 Å². The van der Waals surface area contributed by atoms with E-state index in [2.05, 4.69) is 5.32 Å². The minimum Gasteiger partial charge on any atom is -0.495 e. The third kappa shape index (κ3) is 4.80. The summed E-state index contributed by atoms with van der Waals surface area (Å²) in [6.07, 6.45) is 0.675. The van der Waals surface area contributed by atoms with Crippen molar-refractivity contribution in [3.63, 3.8) is 0 Å². The van der Waals surface area contributed by atoms with Crippen LogP contribution in [0.1, 0.15) is 25.1 Å². The fourth-order valence-electron chi connectivity index (χ4n) is 3.00. The van der Waals surface area contributed by atoms with E-state index in [4.69, 9.17) is 21.1 Å². The Morgan fingerprint density at radius 1 is 1.21 bits per heavy atom. The lowest BCUT2D eigenvalue weighted by molar-refractivity contribution is -0.137. The number of nitrogens with one attached hydrogen (secondary N) is 1. The predicted octanol–water partition coefficient (Wildman–Crippen LogP) is 4.42. The number of methoxy groups -OCH3 is 1.